The molecule has 0 unspecified atom stereocenters. The van der Waals surface area contributed by atoms with E-state index in [2.05, 4.69) is 4.98 Å². The van der Waals surface area contributed by atoms with Crippen LogP contribution in [0.4, 0.5) is 0 Å². The third-order valence-electron chi connectivity index (χ3n) is 4.80. The number of para-hydroxylation sites is 2. The molecule has 8 nitrogen and oxygen atoms in total. The van der Waals surface area contributed by atoms with E-state index in [1.54, 1.807) is 18.6 Å². The molecule has 0 N–H and O–H groups in total. The van der Waals surface area contributed by atoms with E-state index in [1.807, 2.05) is 48.9 Å². The monoisotopic (exact) mass is 367 g/mol. The van der Waals surface area contributed by atoms with Crippen molar-refractivity contribution in [2.45, 2.75) is 26.8 Å². The second-order valence-corrected chi connectivity index (χ2v) is 6.53. The number of methoxy groups -OCH3 is 1. The molecule has 0 bridgehead atoms. The van der Waals surface area contributed by atoms with Gasteiger partial charge in [0.25, 0.3) is 5.56 Å². The van der Waals surface area contributed by atoms with Crippen molar-refractivity contribution in [2.75, 3.05) is 7.11 Å². The Bertz CT molecular complexity index is 1290. The van der Waals surface area contributed by atoms with E-state index in [0.29, 0.717) is 35.7 Å². The van der Waals surface area contributed by atoms with E-state index in [0.717, 1.165) is 11.4 Å². The number of hydrogen-bond donors (Lipinski definition) is 0. The first-order chi connectivity index (χ1) is 13.0. The second-order valence-electron chi connectivity index (χ2n) is 6.53. The number of aryl methyl sites for hydroxylation is 2. The van der Waals surface area contributed by atoms with E-state index in [1.165, 1.54) is 9.13 Å². The van der Waals surface area contributed by atoms with Gasteiger partial charge in [-0.25, -0.2) is 4.79 Å². The van der Waals surface area contributed by atoms with Crippen LogP contribution < -0.4 is 16.0 Å². The Hall–Kier alpha value is -3.29. The highest BCUT2D eigenvalue weighted by atomic mass is 16.5. The fourth-order valence-corrected chi connectivity index (χ4v) is 3.54. The fourth-order valence-electron chi connectivity index (χ4n) is 3.54. The molecule has 0 spiro atoms. The highest BCUT2D eigenvalue weighted by Gasteiger charge is 2.21. The minimum atomic E-state index is -0.351. The molecule has 0 radical (unpaired) electrons. The van der Waals surface area contributed by atoms with E-state index >= 15 is 0 Å². The predicted molar refractivity (Wildman–Crippen MR) is 103 cm³/mol. The molecule has 8 heteroatoms. The van der Waals surface area contributed by atoms with Crippen LogP contribution in [0.15, 0.2) is 40.1 Å². The lowest BCUT2D eigenvalue weighted by Crippen LogP contribution is -2.39. The molecule has 0 aliphatic heterocycles. The average Bonchev–Trinajstić information content (AvgIpc) is 3.18. The van der Waals surface area contributed by atoms with Crippen LogP contribution in [0.25, 0.3) is 22.6 Å². The van der Waals surface area contributed by atoms with E-state index in [9.17, 15) is 9.59 Å². The first-order valence-electron chi connectivity index (χ1n) is 8.83. The molecule has 27 heavy (non-hydrogen) atoms. The highest BCUT2D eigenvalue weighted by Crippen LogP contribution is 2.27. The Morgan fingerprint density at radius 1 is 1.19 bits per heavy atom. The molecule has 0 saturated heterocycles. The van der Waals surface area contributed by atoms with Crippen molar-refractivity contribution in [3.63, 3.8) is 0 Å². The van der Waals surface area contributed by atoms with E-state index in [-0.39, 0.29) is 11.2 Å². The minimum absolute atomic E-state index is 0.320. The molecule has 140 valence electrons. The quantitative estimate of drug-likeness (QED) is 0.552. The van der Waals surface area contributed by atoms with E-state index in [4.69, 9.17) is 4.74 Å². The molecule has 0 aliphatic carbocycles. The number of ether oxygens (including phenoxy) is 1. The van der Waals surface area contributed by atoms with Crippen LogP contribution in [0.3, 0.4) is 0 Å². The summed E-state index contributed by atoms with van der Waals surface area (Å²) in [6.45, 7) is 4.25. The molecule has 3 heterocycles. The van der Waals surface area contributed by atoms with Crippen molar-refractivity contribution in [2.24, 2.45) is 7.05 Å². The normalized spacial score (nSPS) is 11.6. The first-order valence-corrected chi connectivity index (χ1v) is 8.83. The highest BCUT2D eigenvalue weighted by molar-refractivity contribution is 5.76. The topological polar surface area (TPSA) is 75.5 Å². The molecule has 3 aromatic heterocycles. The summed E-state index contributed by atoms with van der Waals surface area (Å²) in [4.78, 5) is 30.2. The van der Waals surface area contributed by atoms with Gasteiger partial charge in [0.1, 0.15) is 5.75 Å². The maximum atomic E-state index is 13.0. The van der Waals surface area contributed by atoms with Crippen molar-refractivity contribution >= 4 is 16.9 Å². The van der Waals surface area contributed by atoms with Gasteiger partial charge < -0.3 is 4.74 Å². The second kappa shape index (κ2) is 6.15. The number of aromatic nitrogens is 5. The van der Waals surface area contributed by atoms with Gasteiger partial charge in [0.05, 0.1) is 12.8 Å². The van der Waals surface area contributed by atoms with Crippen molar-refractivity contribution in [1.29, 1.82) is 0 Å². The largest absolute Gasteiger partial charge is 0.495 e. The Labute approximate surface area is 154 Å². The van der Waals surface area contributed by atoms with Crippen LogP contribution in [-0.4, -0.2) is 30.2 Å². The van der Waals surface area contributed by atoms with Crippen LogP contribution >= 0.6 is 0 Å². The molecule has 0 aliphatic rings. The summed E-state index contributed by atoms with van der Waals surface area (Å²) < 4.78 is 11.9. The standard InChI is InChI=1S/C19H21N5O3/c1-5-10-22-17(25)15-16(21(3)19(22)26)20-18-23(15)11-12(2)24(18)13-8-6-7-9-14(13)27-4/h6-9,11H,5,10H2,1-4H3. The smallest absolute Gasteiger partial charge is 0.332 e. The van der Waals surface area contributed by atoms with Gasteiger partial charge >= 0.3 is 5.69 Å². The summed E-state index contributed by atoms with van der Waals surface area (Å²) in [5.74, 6) is 1.26. The molecule has 0 saturated carbocycles. The fraction of sp³-hybridized carbons (Fsp3) is 0.316. The summed E-state index contributed by atoms with van der Waals surface area (Å²) in [5.41, 5.74) is 1.82. The number of imidazole rings is 2. The molecule has 0 amide bonds. The van der Waals surface area contributed by atoms with Crippen molar-refractivity contribution in [1.82, 2.24) is 23.1 Å². The van der Waals surface area contributed by atoms with Gasteiger partial charge in [0.2, 0.25) is 5.78 Å². The maximum Gasteiger partial charge on any atom is 0.332 e. The van der Waals surface area contributed by atoms with Gasteiger partial charge in [-0.15, -0.1) is 0 Å². The van der Waals surface area contributed by atoms with Gasteiger partial charge in [0.15, 0.2) is 11.2 Å². The molecule has 0 fully saturated rings. The Morgan fingerprint density at radius 2 is 1.93 bits per heavy atom. The lowest BCUT2D eigenvalue weighted by Gasteiger charge is -2.10. The first kappa shape index (κ1) is 17.1. The molecular weight excluding hydrogens is 346 g/mol. The van der Waals surface area contributed by atoms with Gasteiger partial charge in [0, 0.05) is 25.5 Å². The third kappa shape index (κ3) is 2.33. The average molecular weight is 367 g/mol. The van der Waals surface area contributed by atoms with Crippen molar-refractivity contribution in [3.05, 3.63) is 57.0 Å². The summed E-state index contributed by atoms with van der Waals surface area (Å²) in [7, 11) is 3.26. The Balaban J connectivity index is 2.15. The SMILES string of the molecule is CCCn1c(=O)c2c(nc3n(-c4ccccc4OC)c(C)cn23)n(C)c1=O. The number of rotatable bonds is 4. The summed E-state index contributed by atoms with van der Waals surface area (Å²) in [5, 5.41) is 0. The number of nitrogens with zero attached hydrogens (tertiary/aromatic N) is 5. The van der Waals surface area contributed by atoms with Crippen LogP contribution in [0.2, 0.25) is 0 Å². The summed E-state index contributed by atoms with van der Waals surface area (Å²) in [6, 6.07) is 7.62. The van der Waals surface area contributed by atoms with Crippen molar-refractivity contribution < 1.29 is 4.74 Å². The Morgan fingerprint density at radius 3 is 2.63 bits per heavy atom. The van der Waals surface area contributed by atoms with Crippen molar-refractivity contribution in [3.8, 4) is 11.4 Å². The molecular formula is C19H21N5O3. The molecule has 1 aromatic carbocycles. The Kier molecular flexibility index (Phi) is 3.91. The zero-order valence-electron chi connectivity index (χ0n) is 15.8. The van der Waals surface area contributed by atoms with E-state index < -0.39 is 0 Å². The van der Waals surface area contributed by atoms with Crippen LogP contribution in [0.1, 0.15) is 19.0 Å². The summed E-state index contributed by atoms with van der Waals surface area (Å²) in [6.07, 6.45) is 2.56. The minimum Gasteiger partial charge on any atom is -0.495 e. The van der Waals surface area contributed by atoms with Crippen LogP contribution in [0, 0.1) is 6.92 Å². The molecule has 4 rings (SSSR count). The van der Waals surface area contributed by atoms with Gasteiger partial charge in [-0.3, -0.25) is 22.9 Å². The number of benzene rings is 1. The molecule has 0 atom stereocenters. The zero-order valence-corrected chi connectivity index (χ0v) is 15.8. The maximum absolute atomic E-state index is 13.0. The summed E-state index contributed by atoms with van der Waals surface area (Å²) >= 11 is 0. The van der Waals surface area contributed by atoms with Gasteiger partial charge in [-0.05, 0) is 25.5 Å². The van der Waals surface area contributed by atoms with Gasteiger partial charge in [-0.1, -0.05) is 19.1 Å². The van der Waals surface area contributed by atoms with Gasteiger partial charge in [-0.2, -0.15) is 4.98 Å². The van der Waals surface area contributed by atoms with Crippen LogP contribution in [0.5, 0.6) is 5.75 Å². The third-order valence-corrected chi connectivity index (χ3v) is 4.80. The van der Waals surface area contributed by atoms with Crippen LogP contribution in [-0.2, 0) is 13.6 Å². The lowest BCUT2D eigenvalue weighted by molar-refractivity contribution is 0.413. The predicted octanol–water partition coefficient (Wildman–Crippen LogP) is 1.87. The molecule has 4 aromatic rings. The number of fused-ring (bicyclic) bond motifs is 3. The lowest BCUT2D eigenvalue weighted by atomic mass is 10.3. The zero-order chi connectivity index (χ0) is 19.3. The number of hydrogen-bond acceptors (Lipinski definition) is 4.